The van der Waals surface area contributed by atoms with E-state index in [0.717, 1.165) is 26.4 Å². The predicted octanol–water partition coefficient (Wildman–Crippen LogP) is 5.01. The molecule has 1 heterocycles. The highest BCUT2D eigenvalue weighted by Gasteiger charge is 2.37. The lowest BCUT2D eigenvalue weighted by Crippen LogP contribution is -2.34. The van der Waals surface area contributed by atoms with Gasteiger partial charge in [0.15, 0.2) is 0 Å². The fraction of sp³-hybridized carbons (Fsp3) is 0.160. The number of carbonyl (C=O) groups excluding carboxylic acids is 1. The highest BCUT2D eigenvalue weighted by Crippen LogP contribution is 2.47. The van der Waals surface area contributed by atoms with Crippen LogP contribution in [-0.2, 0) is 21.3 Å². The molecule has 0 fully saturated rings. The third kappa shape index (κ3) is 4.89. The van der Waals surface area contributed by atoms with Crippen molar-refractivity contribution in [3.05, 3.63) is 101 Å². The van der Waals surface area contributed by atoms with Gasteiger partial charge in [-0.2, -0.15) is 0 Å². The summed E-state index contributed by atoms with van der Waals surface area (Å²) in [5.74, 6) is 0.379. The summed E-state index contributed by atoms with van der Waals surface area (Å²) in [6.45, 7) is 2.11. The molecule has 0 aliphatic carbocycles. The molecule has 4 nitrogen and oxygen atoms in total. The monoisotopic (exact) mass is 527 g/mol. The van der Waals surface area contributed by atoms with Crippen molar-refractivity contribution >= 4 is 50.5 Å². The Labute approximate surface area is 201 Å². The number of esters is 1. The molecule has 3 aromatic rings. The Morgan fingerprint density at radius 2 is 1.72 bits per heavy atom. The van der Waals surface area contributed by atoms with Crippen LogP contribution in [0.1, 0.15) is 18.5 Å². The van der Waals surface area contributed by atoms with Crippen molar-refractivity contribution in [2.24, 2.45) is 0 Å². The molecular weight excluding hydrogens is 505 g/mol. The minimum absolute atomic E-state index is 0.237. The van der Waals surface area contributed by atoms with Crippen LogP contribution in [0.5, 0.6) is 5.75 Å². The fourth-order valence-electron chi connectivity index (χ4n) is 3.69. The highest BCUT2D eigenvalue weighted by molar-refractivity contribution is 9.10. The average molecular weight is 528 g/mol. The van der Waals surface area contributed by atoms with E-state index in [1.165, 1.54) is 6.08 Å². The Bertz CT molecular complexity index is 1130. The molecule has 7 heteroatoms. The third-order valence-corrected chi connectivity index (χ3v) is 9.93. The number of hydrogen-bond acceptors (Lipinski definition) is 4. The van der Waals surface area contributed by atoms with E-state index >= 15 is 0 Å². The second-order valence-corrected chi connectivity index (χ2v) is 12.3. The molecule has 0 amide bonds. The zero-order valence-electron chi connectivity index (χ0n) is 17.5. The first-order valence-electron chi connectivity index (χ1n) is 10.3. The number of fused-ring (bicyclic) bond motifs is 1. The van der Waals surface area contributed by atoms with Crippen molar-refractivity contribution in [3.8, 4) is 5.75 Å². The molecule has 0 bridgehead atoms. The zero-order chi connectivity index (χ0) is 22.6. The molecule has 1 N–H and O–H groups in total. The maximum absolute atomic E-state index is 12.0. The van der Waals surface area contributed by atoms with Crippen molar-refractivity contribution in [3.63, 3.8) is 0 Å². The molecule has 1 aliphatic rings. The number of carbonyl (C=O) groups is 1. The number of halogens is 1. The van der Waals surface area contributed by atoms with Gasteiger partial charge in [0.2, 0.25) is 0 Å². The van der Waals surface area contributed by atoms with E-state index < -0.39 is 18.3 Å². The quantitative estimate of drug-likeness (QED) is 0.266. The van der Waals surface area contributed by atoms with Gasteiger partial charge in [-0.25, -0.2) is 4.79 Å². The van der Waals surface area contributed by atoms with Crippen LogP contribution in [0.15, 0.2) is 95.5 Å². The summed E-state index contributed by atoms with van der Waals surface area (Å²) in [6, 6.07) is 26.0. The summed E-state index contributed by atoms with van der Waals surface area (Å²) in [4.78, 5) is 12.0. The summed E-state index contributed by atoms with van der Waals surface area (Å²) in [5.41, 5.74) is 0.999. The van der Waals surface area contributed by atoms with Gasteiger partial charge in [-0.3, -0.25) is 5.09 Å². The van der Waals surface area contributed by atoms with E-state index in [-0.39, 0.29) is 6.04 Å². The van der Waals surface area contributed by atoms with Crippen LogP contribution in [-0.4, -0.2) is 18.7 Å². The first kappa shape index (κ1) is 22.9. The summed E-state index contributed by atoms with van der Waals surface area (Å²) in [5, 5.41) is 5.93. The first-order chi connectivity index (χ1) is 15.5. The maximum Gasteiger partial charge on any atom is 0.330 e. The third-order valence-electron chi connectivity index (χ3n) is 5.17. The van der Waals surface area contributed by atoms with Gasteiger partial charge in [-0.05, 0) is 31.2 Å². The van der Waals surface area contributed by atoms with Crippen molar-refractivity contribution in [1.29, 1.82) is 0 Å². The maximum atomic E-state index is 12.0. The molecule has 4 rings (SSSR count). The molecule has 1 aliphatic heterocycles. The molecule has 0 saturated heterocycles. The Balaban J connectivity index is 1.77. The SMILES string of the molecule is CCOC(=O)/C=C/[C@@H]1Oc2ccc(Br)cc2[C@@H]1NP(=S)(c1ccccc1)c1ccccc1. The molecule has 0 saturated carbocycles. The first-order valence-corrected chi connectivity index (χ1v) is 13.9. The topological polar surface area (TPSA) is 47.6 Å². The van der Waals surface area contributed by atoms with Crippen LogP contribution in [0.25, 0.3) is 0 Å². The van der Waals surface area contributed by atoms with E-state index in [4.69, 9.17) is 21.3 Å². The van der Waals surface area contributed by atoms with E-state index in [9.17, 15) is 4.79 Å². The lowest BCUT2D eigenvalue weighted by Gasteiger charge is -2.30. The summed E-state index contributed by atoms with van der Waals surface area (Å²) in [6.07, 6.45) is 0.370. The minimum atomic E-state index is -2.40. The molecule has 0 spiro atoms. The largest absolute Gasteiger partial charge is 0.484 e. The Hall–Kier alpha value is -2.24. The summed E-state index contributed by atoms with van der Waals surface area (Å²) < 4.78 is 12.2. The van der Waals surface area contributed by atoms with Crippen LogP contribution < -0.4 is 20.4 Å². The molecule has 3 aromatic carbocycles. The van der Waals surface area contributed by atoms with Crippen molar-refractivity contribution in [2.75, 3.05) is 6.61 Å². The number of hydrogen-bond donors (Lipinski definition) is 1. The number of nitrogens with one attached hydrogen (secondary N) is 1. The molecule has 0 radical (unpaired) electrons. The van der Waals surface area contributed by atoms with E-state index in [2.05, 4.69) is 45.3 Å². The molecule has 0 aromatic heterocycles. The van der Waals surface area contributed by atoms with Gasteiger partial charge in [0.1, 0.15) is 11.9 Å². The summed E-state index contributed by atoms with van der Waals surface area (Å²) in [7, 11) is 0. The molecule has 32 heavy (non-hydrogen) atoms. The van der Waals surface area contributed by atoms with E-state index in [1.807, 2.05) is 54.6 Å². The van der Waals surface area contributed by atoms with Gasteiger partial charge in [-0.1, -0.05) is 88.4 Å². The number of benzene rings is 3. The second-order valence-electron chi connectivity index (χ2n) is 7.26. The Morgan fingerprint density at radius 3 is 2.31 bits per heavy atom. The number of ether oxygens (including phenoxy) is 2. The predicted molar refractivity (Wildman–Crippen MR) is 137 cm³/mol. The normalized spacial score (nSPS) is 17.7. The van der Waals surface area contributed by atoms with Crippen LogP contribution in [0.2, 0.25) is 0 Å². The lowest BCUT2D eigenvalue weighted by atomic mass is 10.0. The van der Waals surface area contributed by atoms with Crippen LogP contribution in [0, 0.1) is 0 Å². The minimum Gasteiger partial charge on any atom is -0.484 e. The van der Waals surface area contributed by atoms with Crippen LogP contribution in [0.3, 0.4) is 0 Å². The average Bonchev–Trinajstić information content (AvgIpc) is 3.15. The van der Waals surface area contributed by atoms with Gasteiger partial charge < -0.3 is 9.47 Å². The zero-order valence-corrected chi connectivity index (χ0v) is 20.8. The summed E-state index contributed by atoms with van der Waals surface area (Å²) >= 11 is 9.95. The van der Waals surface area contributed by atoms with Crippen LogP contribution >= 0.6 is 22.1 Å². The van der Waals surface area contributed by atoms with E-state index in [1.54, 1.807) is 13.0 Å². The van der Waals surface area contributed by atoms with Gasteiger partial charge in [0.25, 0.3) is 0 Å². The lowest BCUT2D eigenvalue weighted by molar-refractivity contribution is -0.137. The van der Waals surface area contributed by atoms with Crippen molar-refractivity contribution < 1.29 is 14.3 Å². The highest BCUT2D eigenvalue weighted by atomic mass is 79.9. The second kappa shape index (κ2) is 10.1. The van der Waals surface area contributed by atoms with Crippen molar-refractivity contribution in [1.82, 2.24) is 5.09 Å². The molecule has 2 atom stereocenters. The Morgan fingerprint density at radius 1 is 1.09 bits per heavy atom. The van der Waals surface area contributed by atoms with Crippen LogP contribution in [0.4, 0.5) is 0 Å². The van der Waals surface area contributed by atoms with Gasteiger partial charge >= 0.3 is 5.97 Å². The van der Waals surface area contributed by atoms with Gasteiger partial charge in [-0.15, -0.1) is 0 Å². The molecule has 0 unspecified atom stereocenters. The standard InChI is InChI=1S/C25H23BrNO3PS/c1-2-29-24(28)16-15-23-25(21-17-18(26)13-14-22(21)30-23)27-31(32,19-9-5-3-6-10-19)20-11-7-4-8-12-20/h3-17,23,25H,2H2,1H3,(H,27,32)/b16-15+/t23-,25-/m0/s1. The fourth-order valence-corrected chi connectivity index (χ4v) is 7.60. The van der Waals surface area contributed by atoms with E-state index in [0.29, 0.717) is 6.61 Å². The molecular formula is C25H23BrNO3PS. The number of rotatable bonds is 7. The smallest absolute Gasteiger partial charge is 0.330 e. The Kier molecular flexibility index (Phi) is 7.27. The van der Waals surface area contributed by atoms with Gasteiger partial charge in [0, 0.05) is 26.7 Å². The van der Waals surface area contributed by atoms with Crippen molar-refractivity contribution in [2.45, 2.75) is 19.1 Å². The molecule has 164 valence electrons. The van der Waals surface area contributed by atoms with Gasteiger partial charge in [0.05, 0.1) is 18.8 Å².